The van der Waals surface area contributed by atoms with Crippen LogP contribution in [-0.2, 0) is 5.41 Å². The van der Waals surface area contributed by atoms with Gasteiger partial charge in [0.1, 0.15) is 0 Å². The molecule has 2 heteroatoms. The lowest BCUT2D eigenvalue weighted by molar-refractivity contribution is -0.448. The zero-order valence-electron chi connectivity index (χ0n) is 33.6. The highest BCUT2D eigenvalue weighted by molar-refractivity contribution is 6.12. The molecular formula is C59H41N2+. The minimum Gasteiger partial charge on any atom is -0.310 e. The standard InChI is InChI=1S/C59H41N2/c1-5-18-41(19-6-1)58-54-30-14-13-29-53(54)57-38-45-36-43(32-33-44(45)40-60(57)58)42-20-17-27-49(37-42)61(48-25-11-4-12-26-48)50-34-35-52-51-28-15-16-31-55(51)59(56(52)39-50,46-21-7-2-8-22-46)47-23-9-3-10-24-47/h1-40,57H/q+1. The van der Waals surface area contributed by atoms with E-state index in [4.69, 9.17) is 0 Å². The molecule has 12 rings (SSSR count). The third-order valence-corrected chi connectivity index (χ3v) is 13.0. The molecule has 9 aromatic rings. The van der Waals surface area contributed by atoms with Gasteiger partial charge in [0.25, 0.3) is 0 Å². The van der Waals surface area contributed by atoms with Crippen LogP contribution in [0.15, 0.2) is 231 Å². The SMILES string of the molecule is C1=c2ccc(-c3cccc(N(c4ccccc4)c4ccc5c(c4)C(c4ccccc4)(c4ccccc4)c4ccccc4-5)c3)cc2=CC2c3ccccc3C(c3ccccc3)=[N+]12. The normalized spacial score (nSPS) is 15.0. The van der Waals surface area contributed by atoms with Gasteiger partial charge in [0.2, 0.25) is 11.8 Å². The molecule has 286 valence electrons. The zero-order valence-corrected chi connectivity index (χ0v) is 33.6. The third kappa shape index (κ3) is 5.53. The second-order valence-corrected chi connectivity index (χ2v) is 16.3. The summed E-state index contributed by atoms with van der Waals surface area (Å²) in [4.78, 5) is 2.42. The van der Waals surface area contributed by atoms with Gasteiger partial charge in [-0.05, 0) is 123 Å². The van der Waals surface area contributed by atoms with Crippen molar-refractivity contribution in [3.8, 4) is 22.3 Å². The molecule has 0 aromatic heterocycles. The molecule has 0 amide bonds. The van der Waals surface area contributed by atoms with Crippen LogP contribution >= 0.6 is 0 Å². The van der Waals surface area contributed by atoms with Crippen molar-refractivity contribution in [1.82, 2.24) is 0 Å². The van der Waals surface area contributed by atoms with Crippen molar-refractivity contribution in [2.45, 2.75) is 11.5 Å². The molecular weight excluding hydrogens is 737 g/mol. The fraction of sp³-hybridized carbons (Fsp3) is 0.0339. The highest BCUT2D eigenvalue weighted by Gasteiger charge is 2.46. The van der Waals surface area contributed by atoms with Crippen molar-refractivity contribution in [2.75, 3.05) is 4.90 Å². The highest BCUT2D eigenvalue weighted by Crippen LogP contribution is 2.57. The van der Waals surface area contributed by atoms with Crippen molar-refractivity contribution in [1.29, 1.82) is 0 Å². The first-order valence-electron chi connectivity index (χ1n) is 21.2. The molecule has 9 aromatic carbocycles. The van der Waals surface area contributed by atoms with Crippen molar-refractivity contribution in [3.63, 3.8) is 0 Å². The van der Waals surface area contributed by atoms with Crippen molar-refractivity contribution in [2.24, 2.45) is 0 Å². The average Bonchev–Trinajstić information content (AvgIpc) is 3.82. The van der Waals surface area contributed by atoms with Crippen molar-refractivity contribution in [3.05, 3.63) is 280 Å². The molecule has 0 radical (unpaired) electrons. The maximum absolute atomic E-state index is 2.46. The summed E-state index contributed by atoms with van der Waals surface area (Å²) < 4.78 is 2.46. The van der Waals surface area contributed by atoms with Crippen LogP contribution in [0.1, 0.15) is 45.0 Å². The number of rotatable bonds is 7. The lowest BCUT2D eigenvalue weighted by atomic mass is 9.67. The van der Waals surface area contributed by atoms with Crippen LogP contribution in [0.25, 0.3) is 34.5 Å². The maximum Gasteiger partial charge on any atom is 0.221 e. The molecule has 0 bridgehead atoms. The molecule has 2 nitrogen and oxygen atoms in total. The molecule has 2 aliphatic heterocycles. The van der Waals surface area contributed by atoms with E-state index in [9.17, 15) is 0 Å². The number of benzene rings is 9. The molecule has 0 fully saturated rings. The molecule has 1 aliphatic carbocycles. The number of hydrogen-bond donors (Lipinski definition) is 0. The summed E-state index contributed by atoms with van der Waals surface area (Å²) in [7, 11) is 0. The van der Waals surface area contributed by atoms with Gasteiger partial charge in [-0.3, -0.25) is 0 Å². The molecule has 0 saturated carbocycles. The zero-order chi connectivity index (χ0) is 40.3. The van der Waals surface area contributed by atoms with Crippen LogP contribution in [0, 0.1) is 0 Å². The summed E-state index contributed by atoms with van der Waals surface area (Å²) in [5.74, 6) is 0. The average molecular weight is 778 g/mol. The van der Waals surface area contributed by atoms with Crippen LogP contribution in [-0.4, -0.2) is 10.3 Å². The van der Waals surface area contributed by atoms with E-state index >= 15 is 0 Å². The fourth-order valence-electron chi connectivity index (χ4n) is 10.4. The van der Waals surface area contributed by atoms with Gasteiger partial charge in [-0.15, -0.1) is 0 Å². The summed E-state index contributed by atoms with van der Waals surface area (Å²) >= 11 is 0. The number of fused-ring (bicyclic) bond motifs is 7. The fourth-order valence-corrected chi connectivity index (χ4v) is 10.4. The number of hydrogen-bond acceptors (Lipinski definition) is 1. The Balaban J connectivity index is 1.00. The second kappa shape index (κ2) is 14.2. The predicted molar refractivity (Wildman–Crippen MR) is 251 cm³/mol. The monoisotopic (exact) mass is 777 g/mol. The first-order chi connectivity index (χ1) is 30.3. The number of para-hydroxylation sites is 1. The van der Waals surface area contributed by atoms with E-state index < -0.39 is 5.41 Å². The van der Waals surface area contributed by atoms with E-state index in [1.165, 1.54) is 77.3 Å². The van der Waals surface area contributed by atoms with Gasteiger partial charge >= 0.3 is 0 Å². The summed E-state index contributed by atoms with van der Waals surface area (Å²) in [6.45, 7) is 0. The van der Waals surface area contributed by atoms with Gasteiger partial charge in [0.15, 0.2) is 6.20 Å². The molecule has 0 N–H and O–H groups in total. The van der Waals surface area contributed by atoms with Crippen LogP contribution in [0.2, 0.25) is 0 Å². The number of nitrogens with zero attached hydrogens (tertiary/aromatic N) is 2. The van der Waals surface area contributed by atoms with Gasteiger partial charge < -0.3 is 4.90 Å². The van der Waals surface area contributed by atoms with Gasteiger partial charge in [-0.25, -0.2) is 0 Å². The Bertz CT molecular complexity index is 3260. The summed E-state index contributed by atoms with van der Waals surface area (Å²) in [6.07, 6.45) is 4.79. The first kappa shape index (κ1) is 35.2. The molecule has 0 spiro atoms. The van der Waals surface area contributed by atoms with E-state index in [1.807, 2.05) is 0 Å². The van der Waals surface area contributed by atoms with Gasteiger partial charge in [0.05, 0.1) is 11.0 Å². The van der Waals surface area contributed by atoms with Gasteiger partial charge in [-0.2, -0.15) is 4.58 Å². The molecule has 3 aliphatic rings. The molecule has 0 saturated heterocycles. The Hall–Kier alpha value is -7.81. The van der Waals surface area contributed by atoms with E-state index in [1.54, 1.807) is 0 Å². The van der Waals surface area contributed by atoms with Crippen LogP contribution in [0.4, 0.5) is 17.1 Å². The predicted octanol–water partition coefficient (Wildman–Crippen LogP) is 12.3. The smallest absolute Gasteiger partial charge is 0.221 e. The summed E-state index contributed by atoms with van der Waals surface area (Å²) in [5.41, 5.74) is 18.0. The lowest BCUT2D eigenvalue weighted by Gasteiger charge is -2.35. The largest absolute Gasteiger partial charge is 0.310 e. The van der Waals surface area contributed by atoms with Gasteiger partial charge in [0, 0.05) is 33.4 Å². The first-order valence-corrected chi connectivity index (χ1v) is 21.2. The van der Waals surface area contributed by atoms with Crippen LogP contribution < -0.4 is 15.3 Å². The molecule has 2 heterocycles. The topological polar surface area (TPSA) is 6.25 Å². The van der Waals surface area contributed by atoms with Crippen molar-refractivity contribution >= 4 is 35.0 Å². The summed E-state index contributed by atoms with van der Waals surface area (Å²) in [6, 6.07) is 84.7. The summed E-state index contributed by atoms with van der Waals surface area (Å²) in [5, 5.41) is 2.48. The van der Waals surface area contributed by atoms with Crippen molar-refractivity contribution < 1.29 is 4.58 Å². The van der Waals surface area contributed by atoms with Crippen LogP contribution in [0.3, 0.4) is 0 Å². The maximum atomic E-state index is 2.46. The Morgan fingerprint density at radius 3 is 1.70 bits per heavy atom. The molecule has 1 atom stereocenters. The Labute approximate surface area is 356 Å². The lowest BCUT2D eigenvalue weighted by Crippen LogP contribution is -2.33. The third-order valence-electron chi connectivity index (χ3n) is 13.0. The van der Waals surface area contributed by atoms with Crippen LogP contribution in [0.5, 0.6) is 0 Å². The highest BCUT2D eigenvalue weighted by atomic mass is 15.1. The van der Waals surface area contributed by atoms with E-state index in [0.717, 1.165) is 17.1 Å². The van der Waals surface area contributed by atoms with E-state index in [2.05, 4.69) is 252 Å². The number of anilines is 3. The quantitative estimate of drug-likeness (QED) is 0.146. The Kier molecular flexibility index (Phi) is 8.18. The Morgan fingerprint density at radius 2 is 0.951 bits per heavy atom. The van der Waals surface area contributed by atoms with E-state index in [-0.39, 0.29) is 6.04 Å². The minimum absolute atomic E-state index is 0.138. The van der Waals surface area contributed by atoms with Gasteiger partial charge in [-0.1, -0.05) is 164 Å². The van der Waals surface area contributed by atoms with E-state index in [0.29, 0.717) is 0 Å². The second-order valence-electron chi connectivity index (χ2n) is 16.3. The molecule has 1 unspecified atom stereocenters. The minimum atomic E-state index is -0.486. The molecule has 61 heavy (non-hydrogen) atoms. The Morgan fingerprint density at radius 1 is 0.377 bits per heavy atom.